The Morgan fingerprint density at radius 2 is 1.69 bits per heavy atom. The molecule has 5 N–H and O–H groups in total. The van der Waals surface area contributed by atoms with E-state index in [1.165, 1.54) is 0 Å². The van der Waals surface area contributed by atoms with E-state index in [2.05, 4.69) is 32.6 Å². The molecule has 16 nitrogen and oxygen atoms in total. The summed E-state index contributed by atoms with van der Waals surface area (Å²) < 4.78 is 38.5. The molecule has 276 valence electrons. The van der Waals surface area contributed by atoms with Crippen LogP contribution in [0.2, 0.25) is 0 Å². The van der Waals surface area contributed by atoms with Crippen LogP contribution >= 0.6 is 24.6 Å². The molecular weight excluding hydrogens is 680 g/mol. The SMILES string of the molecule is CC(C)CC(=O)OC1C(OC2CC(C(=O)O)C3CCC45CC(CCC4C3(C)C2)C(C)[C@@H]5O)O[C@@H](CO)[C@@H](OSOOO)[C@@H]1OSOOO. The number of esters is 1. The normalized spacial score (nSPS) is 43.9. The number of carbonyl (C=O) groups is 2. The Bertz CT molecular complexity index is 1100. The van der Waals surface area contributed by atoms with Gasteiger partial charge in [-0.1, -0.05) is 37.8 Å². The maximum atomic E-state index is 13.1. The highest BCUT2D eigenvalue weighted by Gasteiger charge is 2.67. The molecular formula is C30H48O16S2. The molecule has 5 aliphatic rings. The minimum Gasteiger partial charge on any atom is -0.481 e. The predicted octanol–water partition coefficient (Wildman–Crippen LogP) is 4.11. The van der Waals surface area contributed by atoms with Crippen LogP contribution in [0.3, 0.4) is 0 Å². The largest absolute Gasteiger partial charge is 0.481 e. The number of fused-ring (bicyclic) bond motifs is 3. The molecule has 1 saturated heterocycles. The van der Waals surface area contributed by atoms with Gasteiger partial charge in [-0.25, -0.2) is 10.5 Å². The topological polar surface area (TPSA) is 218 Å². The van der Waals surface area contributed by atoms with Gasteiger partial charge in [0.1, 0.15) is 18.3 Å². The maximum Gasteiger partial charge on any atom is 0.306 e. The molecule has 0 aromatic rings. The van der Waals surface area contributed by atoms with E-state index in [0.29, 0.717) is 18.8 Å². The summed E-state index contributed by atoms with van der Waals surface area (Å²) in [5.74, 6) is -1.72. The Hall–Kier alpha value is -0.840. The highest BCUT2D eigenvalue weighted by atomic mass is 32.2. The standard InChI is InChI=1S/C30H48O16S2/c1-14(2)9-22(32)40-25-24(42-48-46-44-37)23(41-47-45-43-36)20(13-31)39-28(25)38-17-10-18(27(34)35)19-7-8-30-11-16(15(3)26(30)33)5-6-21(30)29(19,4)12-17/h14-21,23-26,28,31,33,36-37H,5-13H2,1-4H3,(H,34,35)/t15?,16?,17?,18?,19?,20-,21?,23+,24-,25?,26-,28?,29?,30?/m0/s1. The molecule has 14 atom stereocenters. The summed E-state index contributed by atoms with van der Waals surface area (Å²) >= 11 is 0.357. The van der Waals surface area contributed by atoms with Crippen molar-refractivity contribution in [3.8, 4) is 0 Å². The summed E-state index contributed by atoms with van der Waals surface area (Å²) in [5.41, 5.74) is -0.749. The van der Waals surface area contributed by atoms with Crippen LogP contribution in [0.1, 0.15) is 79.1 Å². The molecule has 0 aromatic heterocycles. The third-order valence-electron chi connectivity index (χ3n) is 11.9. The van der Waals surface area contributed by atoms with Crippen molar-refractivity contribution in [2.75, 3.05) is 6.61 Å². The van der Waals surface area contributed by atoms with Gasteiger partial charge in [-0.05, 0) is 80.0 Å². The van der Waals surface area contributed by atoms with Crippen LogP contribution in [0.5, 0.6) is 0 Å². The second-order valence-corrected chi connectivity index (χ2v) is 15.7. The predicted molar refractivity (Wildman–Crippen MR) is 164 cm³/mol. The third-order valence-corrected chi connectivity index (χ3v) is 12.7. The van der Waals surface area contributed by atoms with Crippen molar-refractivity contribution < 1.29 is 76.7 Å². The lowest BCUT2D eigenvalue weighted by Gasteiger charge is -2.62. The first-order valence-electron chi connectivity index (χ1n) is 16.5. The van der Waals surface area contributed by atoms with Gasteiger partial charge in [0.05, 0.1) is 24.7 Å². The molecule has 5 fully saturated rings. The van der Waals surface area contributed by atoms with E-state index in [9.17, 15) is 24.9 Å². The second-order valence-electron chi connectivity index (χ2n) is 14.7. The molecule has 18 heteroatoms. The van der Waals surface area contributed by atoms with Crippen molar-refractivity contribution in [2.24, 2.45) is 46.3 Å². The Morgan fingerprint density at radius 1 is 1.00 bits per heavy atom. The molecule has 0 amide bonds. The molecule has 10 unspecified atom stereocenters. The van der Waals surface area contributed by atoms with Crippen LogP contribution in [-0.4, -0.2) is 87.3 Å². The second kappa shape index (κ2) is 16.2. The van der Waals surface area contributed by atoms with E-state index in [0.717, 1.165) is 25.7 Å². The van der Waals surface area contributed by atoms with E-state index in [1.807, 2.05) is 13.8 Å². The third kappa shape index (κ3) is 7.53. The molecule has 5 rings (SSSR count). The quantitative estimate of drug-likeness (QED) is 0.0400. The number of aliphatic hydroxyl groups excluding tert-OH is 2. The van der Waals surface area contributed by atoms with E-state index in [4.69, 9.17) is 33.1 Å². The van der Waals surface area contributed by atoms with Crippen molar-refractivity contribution >= 4 is 36.6 Å². The fraction of sp³-hybridized carbons (Fsp3) is 0.933. The summed E-state index contributed by atoms with van der Waals surface area (Å²) in [4.78, 5) is 25.9. The van der Waals surface area contributed by atoms with Crippen LogP contribution in [-0.2, 0) is 50.9 Å². The number of hydrogen-bond donors (Lipinski definition) is 5. The van der Waals surface area contributed by atoms with Gasteiger partial charge >= 0.3 is 11.9 Å². The van der Waals surface area contributed by atoms with Gasteiger partial charge < -0.3 is 29.5 Å². The number of rotatable bonds is 15. The number of aliphatic carboxylic acids is 1. The summed E-state index contributed by atoms with van der Waals surface area (Å²) in [6.07, 6.45) is -2.64. The average Bonchev–Trinajstić information content (AvgIpc) is 3.21. The Labute approximate surface area is 287 Å². The molecule has 1 spiro atoms. The van der Waals surface area contributed by atoms with Gasteiger partial charge in [-0.15, -0.1) is 8.67 Å². The van der Waals surface area contributed by atoms with Gasteiger partial charge in [-0.2, -0.15) is 0 Å². The van der Waals surface area contributed by atoms with Crippen LogP contribution in [0, 0.1) is 46.3 Å². The summed E-state index contributed by atoms with van der Waals surface area (Å²) in [7, 11) is 0. The maximum absolute atomic E-state index is 13.1. The minimum atomic E-state index is -1.37. The molecule has 4 saturated carbocycles. The van der Waals surface area contributed by atoms with Crippen molar-refractivity contribution in [3.63, 3.8) is 0 Å². The Kier molecular flexibility index (Phi) is 13.0. The minimum absolute atomic E-state index is 0.0280. The zero-order chi connectivity index (χ0) is 34.8. The summed E-state index contributed by atoms with van der Waals surface area (Å²) in [6.45, 7) is 7.29. The van der Waals surface area contributed by atoms with Crippen LogP contribution in [0.25, 0.3) is 0 Å². The zero-order valence-electron chi connectivity index (χ0n) is 27.4. The number of carboxylic acid groups (broad SMARTS) is 1. The lowest BCUT2D eigenvalue weighted by molar-refractivity contribution is -0.436. The number of aliphatic hydroxyl groups is 2. The van der Waals surface area contributed by atoms with Crippen LogP contribution in [0.4, 0.5) is 0 Å². The van der Waals surface area contributed by atoms with Crippen LogP contribution in [0.15, 0.2) is 0 Å². The first-order chi connectivity index (χ1) is 22.9. The van der Waals surface area contributed by atoms with Crippen molar-refractivity contribution in [2.45, 2.75) is 122 Å². The van der Waals surface area contributed by atoms with E-state index < -0.39 is 72.8 Å². The zero-order valence-corrected chi connectivity index (χ0v) is 29.0. The number of carboxylic acids is 1. The molecule has 0 aromatic carbocycles. The van der Waals surface area contributed by atoms with E-state index in [1.54, 1.807) is 0 Å². The summed E-state index contributed by atoms with van der Waals surface area (Å²) in [5, 5.41) is 56.9. The molecule has 48 heavy (non-hydrogen) atoms. The van der Waals surface area contributed by atoms with E-state index in [-0.39, 0.29) is 66.6 Å². The highest BCUT2D eigenvalue weighted by Crippen LogP contribution is 2.71. The van der Waals surface area contributed by atoms with Gasteiger partial charge in [0.2, 0.25) is 0 Å². The Morgan fingerprint density at radius 3 is 2.31 bits per heavy atom. The van der Waals surface area contributed by atoms with Crippen molar-refractivity contribution in [1.82, 2.24) is 0 Å². The summed E-state index contributed by atoms with van der Waals surface area (Å²) in [6, 6.07) is 0. The molecule has 2 bridgehead atoms. The van der Waals surface area contributed by atoms with Crippen molar-refractivity contribution in [3.05, 3.63) is 0 Å². The van der Waals surface area contributed by atoms with Gasteiger partial charge in [0.25, 0.3) is 0 Å². The number of hydrogen-bond acceptors (Lipinski definition) is 17. The first-order valence-corrected chi connectivity index (χ1v) is 17.9. The first kappa shape index (κ1) is 38.4. The van der Waals surface area contributed by atoms with Gasteiger partial charge in [-0.3, -0.25) is 18.0 Å². The van der Waals surface area contributed by atoms with E-state index >= 15 is 0 Å². The molecule has 4 aliphatic carbocycles. The van der Waals surface area contributed by atoms with Gasteiger partial charge in [0, 0.05) is 11.8 Å². The van der Waals surface area contributed by atoms with Crippen molar-refractivity contribution in [1.29, 1.82) is 0 Å². The molecule has 0 radical (unpaired) electrons. The average molecular weight is 729 g/mol. The molecule has 1 heterocycles. The number of ether oxygens (including phenoxy) is 3. The fourth-order valence-corrected chi connectivity index (χ4v) is 10.8. The fourth-order valence-electron chi connectivity index (χ4n) is 10.1. The smallest absolute Gasteiger partial charge is 0.306 e. The van der Waals surface area contributed by atoms with Gasteiger partial charge in [0.15, 0.2) is 37.0 Å². The lowest BCUT2D eigenvalue weighted by atomic mass is 9.43. The molecule has 1 aliphatic heterocycles. The number of carbonyl (C=O) groups excluding carboxylic acids is 1. The highest BCUT2D eigenvalue weighted by molar-refractivity contribution is 7.90. The Balaban J connectivity index is 1.45. The monoisotopic (exact) mass is 728 g/mol. The lowest BCUT2D eigenvalue weighted by Crippen LogP contribution is -2.63. The van der Waals surface area contributed by atoms with Crippen LogP contribution < -0.4 is 0 Å².